The summed E-state index contributed by atoms with van der Waals surface area (Å²) in [6, 6.07) is 24.5. The maximum absolute atomic E-state index is 12.5. The predicted octanol–water partition coefficient (Wildman–Crippen LogP) is 6.49. The number of fused-ring (bicyclic) bond motifs is 1. The van der Waals surface area contributed by atoms with E-state index in [1.807, 2.05) is 58.2 Å². The summed E-state index contributed by atoms with van der Waals surface area (Å²) in [4.78, 5) is 14.4. The van der Waals surface area contributed by atoms with Crippen LogP contribution in [-0.2, 0) is 4.79 Å². The summed E-state index contributed by atoms with van der Waals surface area (Å²) in [6.07, 6.45) is 4.52. The van der Waals surface area contributed by atoms with Crippen molar-refractivity contribution in [1.29, 1.82) is 0 Å². The SMILES string of the molecule is CC(=O)N1c2ccc(-c3cccc(-n4cccn4)c3)cc2[C@H](Nc2ccc(Cl)cc2)C[C@@H]1C. The number of rotatable bonds is 4. The standard InChI is InChI=1S/C27H25ClN4O/c1-18-15-26(30-23-10-8-22(28)9-11-23)25-17-21(7-12-27(25)32(18)19(2)33)20-5-3-6-24(16-20)31-14-4-13-29-31/h3-14,16-18,26,30H,15H2,1-2H3/t18-,26+/m0/s1. The van der Waals surface area contributed by atoms with E-state index in [4.69, 9.17) is 11.6 Å². The molecule has 0 bridgehead atoms. The zero-order valence-electron chi connectivity index (χ0n) is 18.6. The molecule has 2 heterocycles. The van der Waals surface area contributed by atoms with E-state index in [1.165, 1.54) is 0 Å². The van der Waals surface area contributed by atoms with Gasteiger partial charge >= 0.3 is 0 Å². The van der Waals surface area contributed by atoms with E-state index in [9.17, 15) is 4.79 Å². The van der Waals surface area contributed by atoms with Gasteiger partial charge in [0.2, 0.25) is 5.91 Å². The van der Waals surface area contributed by atoms with Crippen LogP contribution in [0.25, 0.3) is 16.8 Å². The Hall–Kier alpha value is -3.57. The number of nitrogens with one attached hydrogen (secondary N) is 1. The number of anilines is 2. The van der Waals surface area contributed by atoms with Gasteiger partial charge in [-0.25, -0.2) is 4.68 Å². The van der Waals surface area contributed by atoms with Crippen molar-refractivity contribution in [1.82, 2.24) is 9.78 Å². The number of benzene rings is 3. The van der Waals surface area contributed by atoms with Gasteiger partial charge in [0.15, 0.2) is 0 Å². The molecular formula is C27H25ClN4O. The highest BCUT2D eigenvalue weighted by atomic mass is 35.5. The smallest absolute Gasteiger partial charge is 0.224 e. The number of hydrogen-bond acceptors (Lipinski definition) is 3. The highest BCUT2D eigenvalue weighted by Crippen LogP contribution is 2.41. The number of carbonyl (C=O) groups excluding carboxylic acids is 1. The van der Waals surface area contributed by atoms with Crippen LogP contribution in [-0.4, -0.2) is 21.7 Å². The molecule has 1 aromatic heterocycles. The van der Waals surface area contributed by atoms with Gasteiger partial charge in [0.05, 0.1) is 11.7 Å². The van der Waals surface area contributed by atoms with E-state index in [1.54, 1.807) is 13.1 Å². The fourth-order valence-electron chi connectivity index (χ4n) is 4.66. The summed E-state index contributed by atoms with van der Waals surface area (Å²) in [7, 11) is 0. The molecule has 1 aliphatic rings. The molecule has 3 aromatic carbocycles. The molecule has 4 aromatic rings. The second-order valence-corrected chi connectivity index (χ2v) is 8.89. The molecule has 1 amide bonds. The molecule has 0 unspecified atom stereocenters. The number of halogens is 1. The molecule has 0 radical (unpaired) electrons. The minimum Gasteiger partial charge on any atom is -0.378 e. The molecule has 33 heavy (non-hydrogen) atoms. The molecule has 1 N–H and O–H groups in total. The van der Waals surface area contributed by atoms with Gasteiger partial charge in [-0.05, 0) is 84.6 Å². The summed E-state index contributed by atoms with van der Waals surface area (Å²) < 4.78 is 1.85. The van der Waals surface area contributed by atoms with Crippen LogP contribution in [0.3, 0.4) is 0 Å². The Labute approximate surface area is 198 Å². The number of hydrogen-bond donors (Lipinski definition) is 1. The van der Waals surface area contributed by atoms with Crippen molar-refractivity contribution in [2.24, 2.45) is 0 Å². The number of amides is 1. The van der Waals surface area contributed by atoms with E-state index >= 15 is 0 Å². The highest BCUT2D eigenvalue weighted by molar-refractivity contribution is 6.30. The molecule has 6 heteroatoms. The van der Waals surface area contributed by atoms with Crippen molar-refractivity contribution in [3.63, 3.8) is 0 Å². The number of nitrogens with zero attached hydrogens (tertiary/aromatic N) is 3. The quantitative estimate of drug-likeness (QED) is 0.381. The van der Waals surface area contributed by atoms with Crippen LogP contribution >= 0.6 is 11.6 Å². The first kappa shape index (κ1) is 21.3. The second-order valence-electron chi connectivity index (χ2n) is 8.45. The van der Waals surface area contributed by atoms with Gasteiger partial charge in [0.25, 0.3) is 0 Å². The van der Waals surface area contributed by atoms with Crippen LogP contribution in [0.15, 0.2) is 85.2 Å². The van der Waals surface area contributed by atoms with Crippen LogP contribution < -0.4 is 10.2 Å². The molecule has 5 nitrogen and oxygen atoms in total. The van der Waals surface area contributed by atoms with Gasteiger partial charge in [-0.1, -0.05) is 29.8 Å². The normalized spacial score (nSPS) is 17.5. The van der Waals surface area contributed by atoms with Crippen molar-refractivity contribution in [2.45, 2.75) is 32.4 Å². The van der Waals surface area contributed by atoms with Gasteiger partial charge in [-0.3, -0.25) is 4.79 Å². The topological polar surface area (TPSA) is 50.2 Å². The highest BCUT2D eigenvalue weighted by Gasteiger charge is 2.32. The van der Waals surface area contributed by atoms with Crippen LogP contribution in [0.2, 0.25) is 5.02 Å². The lowest BCUT2D eigenvalue weighted by atomic mass is 9.89. The molecule has 2 atom stereocenters. The Morgan fingerprint density at radius 1 is 1.03 bits per heavy atom. The lowest BCUT2D eigenvalue weighted by molar-refractivity contribution is -0.117. The molecule has 0 spiro atoms. The third-order valence-electron chi connectivity index (χ3n) is 6.15. The van der Waals surface area contributed by atoms with Gasteiger partial charge < -0.3 is 10.2 Å². The summed E-state index contributed by atoms with van der Waals surface area (Å²) in [5.74, 6) is 0.0575. The third-order valence-corrected chi connectivity index (χ3v) is 6.40. The van der Waals surface area contributed by atoms with Crippen molar-refractivity contribution in [3.8, 4) is 16.8 Å². The zero-order chi connectivity index (χ0) is 22.9. The maximum atomic E-state index is 12.5. The monoisotopic (exact) mass is 456 g/mol. The van der Waals surface area contributed by atoms with Crippen molar-refractivity contribution in [2.75, 3.05) is 10.2 Å². The molecule has 166 valence electrons. The summed E-state index contributed by atoms with van der Waals surface area (Å²) in [5, 5.41) is 8.71. The molecular weight excluding hydrogens is 432 g/mol. The third kappa shape index (κ3) is 4.24. The number of aromatic nitrogens is 2. The fourth-order valence-corrected chi connectivity index (χ4v) is 4.78. The fraction of sp³-hybridized carbons (Fsp3) is 0.185. The van der Waals surface area contributed by atoms with Crippen LogP contribution in [0.5, 0.6) is 0 Å². The molecule has 0 aliphatic carbocycles. The van der Waals surface area contributed by atoms with Crippen LogP contribution in [0.4, 0.5) is 11.4 Å². The predicted molar refractivity (Wildman–Crippen MR) is 134 cm³/mol. The Bertz CT molecular complexity index is 1280. The van der Waals surface area contributed by atoms with Crippen LogP contribution in [0.1, 0.15) is 31.9 Å². The largest absolute Gasteiger partial charge is 0.378 e. The van der Waals surface area contributed by atoms with Gasteiger partial charge in [-0.2, -0.15) is 5.10 Å². The summed E-state index contributed by atoms with van der Waals surface area (Å²) in [5.41, 5.74) is 6.28. The molecule has 5 rings (SSSR count). The lowest BCUT2D eigenvalue weighted by Gasteiger charge is -2.39. The number of carbonyl (C=O) groups is 1. The first-order chi connectivity index (χ1) is 16.0. The van der Waals surface area contributed by atoms with E-state index in [0.29, 0.717) is 5.02 Å². The van der Waals surface area contributed by atoms with Crippen LogP contribution in [0, 0.1) is 0 Å². The summed E-state index contributed by atoms with van der Waals surface area (Å²) in [6.45, 7) is 3.73. The molecule has 0 fully saturated rings. The van der Waals surface area contributed by atoms with Gasteiger partial charge in [0, 0.05) is 41.8 Å². The second kappa shape index (κ2) is 8.75. The Morgan fingerprint density at radius 2 is 1.82 bits per heavy atom. The molecule has 1 aliphatic heterocycles. The first-order valence-electron chi connectivity index (χ1n) is 11.1. The first-order valence-corrected chi connectivity index (χ1v) is 11.4. The van der Waals surface area contributed by atoms with E-state index in [-0.39, 0.29) is 18.0 Å². The van der Waals surface area contributed by atoms with Crippen molar-refractivity contribution >= 4 is 28.9 Å². The zero-order valence-corrected chi connectivity index (χ0v) is 19.3. The summed E-state index contributed by atoms with van der Waals surface area (Å²) >= 11 is 6.07. The van der Waals surface area contributed by atoms with E-state index < -0.39 is 0 Å². The molecule has 0 saturated heterocycles. The van der Waals surface area contributed by atoms with E-state index in [0.717, 1.165) is 40.2 Å². The van der Waals surface area contributed by atoms with Crippen molar-refractivity contribution in [3.05, 3.63) is 95.8 Å². The van der Waals surface area contributed by atoms with E-state index in [2.05, 4.69) is 47.7 Å². The Balaban J connectivity index is 1.56. The van der Waals surface area contributed by atoms with Gasteiger partial charge in [-0.15, -0.1) is 0 Å². The Kier molecular flexibility index (Phi) is 5.65. The average Bonchev–Trinajstić information content (AvgIpc) is 3.35. The Morgan fingerprint density at radius 3 is 2.55 bits per heavy atom. The minimum atomic E-state index is 0.0575. The minimum absolute atomic E-state index is 0.0575. The molecule has 0 saturated carbocycles. The lowest BCUT2D eigenvalue weighted by Crippen LogP contribution is -2.43. The maximum Gasteiger partial charge on any atom is 0.224 e. The average molecular weight is 457 g/mol. The van der Waals surface area contributed by atoms with Crippen molar-refractivity contribution < 1.29 is 4.79 Å². The van der Waals surface area contributed by atoms with Gasteiger partial charge in [0.1, 0.15) is 0 Å².